The number of fused-ring (bicyclic) bond motifs is 1. The molecule has 0 fully saturated rings. The third-order valence-electron chi connectivity index (χ3n) is 2.60. The predicted octanol–water partition coefficient (Wildman–Crippen LogP) is 2.14. The predicted molar refractivity (Wildman–Crippen MR) is 63.5 cm³/mol. The van der Waals surface area contributed by atoms with Crippen molar-refractivity contribution in [2.24, 2.45) is 0 Å². The first-order valence-corrected chi connectivity index (χ1v) is 5.75. The van der Waals surface area contributed by atoms with Gasteiger partial charge in [0.25, 0.3) is 0 Å². The molecule has 1 aliphatic heterocycles. The lowest BCUT2D eigenvalue weighted by atomic mass is 10.0. The van der Waals surface area contributed by atoms with Gasteiger partial charge in [-0.3, -0.25) is 0 Å². The molecule has 1 aliphatic rings. The van der Waals surface area contributed by atoms with E-state index in [4.69, 9.17) is 9.84 Å². The van der Waals surface area contributed by atoms with Crippen molar-refractivity contribution in [1.29, 1.82) is 0 Å². The Kier molecular flexibility index (Phi) is 3.85. The molecule has 0 aromatic heterocycles. The Morgan fingerprint density at radius 1 is 1.38 bits per heavy atom. The molecular weight excluding hydrogens is 200 g/mol. The van der Waals surface area contributed by atoms with Crippen LogP contribution in [0.4, 0.5) is 0 Å². The van der Waals surface area contributed by atoms with Crippen molar-refractivity contribution in [2.75, 3.05) is 13.2 Å². The second-order valence-corrected chi connectivity index (χ2v) is 3.90. The van der Waals surface area contributed by atoms with Crippen molar-refractivity contribution < 1.29 is 9.84 Å². The summed E-state index contributed by atoms with van der Waals surface area (Å²) in [4.78, 5) is 0. The number of benzene rings is 1. The lowest BCUT2D eigenvalue weighted by molar-refractivity contribution is 0.288. The highest BCUT2D eigenvalue weighted by molar-refractivity contribution is 5.44. The largest absolute Gasteiger partial charge is 0.493 e. The van der Waals surface area contributed by atoms with E-state index in [9.17, 15) is 0 Å². The monoisotopic (exact) mass is 216 g/mol. The van der Waals surface area contributed by atoms with Gasteiger partial charge in [0.05, 0.1) is 6.61 Å². The number of hydrogen-bond acceptors (Lipinski definition) is 2. The molecule has 0 saturated carbocycles. The Hall–Kier alpha value is -1.46. The van der Waals surface area contributed by atoms with Crippen LogP contribution in [0.1, 0.15) is 30.4 Å². The Bertz CT molecular complexity index is 412. The fraction of sp³-hybridized carbons (Fsp3) is 0.429. The van der Waals surface area contributed by atoms with E-state index in [1.807, 2.05) is 12.1 Å². The highest BCUT2D eigenvalue weighted by Crippen LogP contribution is 2.25. The number of ether oxygens (including phenoxy) is 1. The van der Waals surface area contributed by atoms with Gasteiger partial charge in [-0.15, -0.1) is 0 Å². The number of hydrogen-bond donors (Lipinski definition) is 1. The minimum atomic E-state index is 0.215. The maximum absolute atomic E-state index is 8.64. The zero-order valence-corrected chi connectivity index (χ0v) is 9.33. The van der Waals surface area contributed by atoms with Crippen LogP contribution in [-0.2, 0) is 6.42 Å². The summed E-state index contributed by atoms with van der Waals surface area (Å²) in [5.41, 5.74) is 2.31. The van der Waals surface area contributed by atoms with Crippen LogP contribution >= 0.6 is 0 Å². The zero-order chi connectivity index (χ0) is 11.2. The molecule has 16 heavy (non-hydrogen) atoms. The fourth-order valence-corrected chi connectivity index (χ4v) is 1.77. The lowest BCUT2D eigenvalue weighted by Crippen LogP contribution is -2.08. The number of aryl methyl sites for hydroxylation is 1. The number of unbranched alkanes of at least 4 members (excludes halogenated alkanes) is 1. The minimum Gasteiger partial charge on any atom is -0.493 e. The maximum Gasteiger partial charge on any atom is 0.122 e. The lowest BCUT2D eigenvalue weighted by Gasteiger charge is -2.16. The molecule has 0 saturated heterocycles. The average Bonchev–Trinajstić information content (AvgIpc) is 2.34. The van der Waals surface area contributed by atoms with E-state index in [2.05, 4.69) is 17.9 Å². The van der Waals surface area contributed by atoms with Gasteiger partial charge in [0, 0.05) is 18.6 Å². The van der Waals surface area contributed by atoms with Gasteiger partial charge in [0.2, 0.25) is 0 Å². The van der Waals surface area contributed by atoms with Gasteiger partial charge >= 0.3 is 0 Å². The quantitative estimate of drug-likeness (QED) is 0.606. The van der Waals surface area contributed by atoms with Crippen molar-refractivity contribution in [1.82, 2.24) is 0 Å². The summed E-state index contributed by atoms with van der Waals surface area (Å²) < 4.78 is 5.54. The summed E-state index contributed by atoms with van der Waals surface area (Å²) in [5, 5.41) is 8.64. The van der Waals surface area contributed by atoms with Crippen LogP contribution in [-0.4, -0.2) is 18.3 Å². The maximum atomic E-state index is 8.64. The Balaban J connectivity index is 2.07. The summed E-state index contributed by atoms with van der Waals surface area (Å²) in [6, 6.07) is 6.11. The van der Waals surface area contributed by atoms with Crippen LogP contribution in [0.3, 0.4) is 0 Å². The van der Waals surface area contributed by atoms with E-state index in [-0.39, 0.29) is 6.61 Å². The Morgan fingerprint density at radius 2 is 2.31 bits per heavy atom. The Labute approximate surface area is 96.3 Å². The van der Waals surface area contributed by atoms with E-state index < -0.39 is 0 Å². The van der Waals surface area contributed by atoms with Crippen LogP contribution in [0.5, 0.6) is 5.75 Å². The molecule has 1 N–H and O–H groups in total. The van der Waals surface area contributed by atoms with Gasteiger partial charge in [-0.05, 0) is 43.0 Å². The summed E-state index contributed by atoms with van der Waals surface area (Å²) in [6.45, 7) is 1.04. The van der Waals surface area contributed by atoms with Crippen LogP contribution in [0.25, 0.3) is 0 Å². The molecule has 0 amide bonds. The molecule has 2 rings (SSSR count). The van der Waals surface area contributed by atoms with Gasteiger partial charge < -0.3 is 9.84 Å². The number of aliphatic hydroxyl groups excluding tert-OH is 1. The molecule has 1 aromatic rings. The summed E-state index contributed by atoms with van der Waals surface area (Å²) >= 11 is 0. The average molecular weight is 216 g/mol. The SMILES string of the molecule is OCCCC#Cc1ccc2c(c1)CCCO2. The van der Waals surface area contributed by atoms with E-state index in [1.165, 1.54) is 5.56 Å². The van der Waals surface area contributed by atoms with Gasteiger partial charge in [0.15, 0.2) is 0 Å². The molecule has 0 aliphatic carbocycles. The number of rotatable bonds is 2. The van der Waals surface area contributed by atoms with Crippen molar-refractivity contribution in [3.63, 3.8) is 0 Å². The molecule has 1 aromatic carbocycles. The second-order valence-electron chi connectivity index (χ2n) is 3.90. The first kappa shape index (κ1) is 11.0. The third kappa shape index (κ3) is 2.77. The van der Waals surface area contributed by atoms with Crippen LogP contribution in [0, 0.1) is 11.8 Å². The first-order valence-electron chi connectivity index (χ1n) is 5.75. The first-order chi connectivity index (χ1) is 7.90. The van der Waals surface area contributed by atoms with Crippen molar-refractivity contribution in [2.45, 2.75) is 25.7 Å². The van der Waals surface area contributed by atoms with Crippen LogP contribution in [0.15, 0.2) is 18.2 Å². The molecule has 2 nitrogen and oxygen atoms in total. The van der Waals surface area contributed by atoms with Gasteiger partial charge in [0.1, 0.15) is 5.75 Å². The highest BCUT2D eigenvalue weighted by atomic mass is 16.5. The van der Waals surface area contributed by atoms with Gasteiger partial charge in [-0.1, -0.05) is 11.8 Å². The summed E-state index contributed by atoms with van der Waals surface area (Å²) in [5.74, 6) is 7.18. The normalized spacial score (nSPS) is 13.3. The van der Waals surface area contributed by atoms with Crippen molar-refractivity contribution in [3.05, 3.63) is 29.3 Å². The number of aliphatic hydroxyl groups is 1. The topological polar surface area (TPSA) is 29.5 Å². The van der Waals surface area contributed by atoms with E-state index >= 15 is 0 Å². The fourth-order valence-electron chi connectivity index (χ4n) is 1.77. The third-order valence-corrected chi connectivity index (χ3v) is 2.60. The van der Waals surface area contributed by atoms with E-state index in [0.717, 1.165) is 43.6 Å². The second kappa shape index (κ2) is 5.58. The van der Waals surface area contributed by atoms with Gasteiger partial charge in [-0.25, -0.2) is 0 Å². The minimum absolute atomic E-state index is 0.215. The molecule has 1 heterocycles. The van der Waals surface area contributed by atoms with Crippen LogP contribution < -0.4 is 4.74 Å². The molecule has 2 heteroatoms. The van der Waals surface area contributed by atoms with Crippen molar-refractivity contribution in [3.8, 4) is 17.6 Å². The molecular formula is C14H16O2. The summed E-state index contributed by atoms with van der Waals surface area (Å²) in [6.07, 6.45) is 3.68. The molecule has 0 radical (unpaired) electrons. The Morgan fingerprint density at radius 3 is 3.19 bits per heavy atom. The van der Waals surface area contributed by atoms with E-state index in [0.29, 0.717) is 0 Å². The van der Waals surface area contributed by atoms with Crippen molar-refractivity contribution >= 4 is 0 Å². The molecule has 0 atom stereocenters. The molecule has 0 unspecified atom stereocenters. The molecule has 0 bridgehead atoms. The standard InChI is InChI=1S/C14H16O2/c15-9-3-1-2-5-12-7-8-14-13(11-12)6-4-10-16-14/h7-8,11,15H,1,3-4,6,9-10H2. The van der Waals surface area contributed by atoms with E-state index in [1.54, 1.807) is 0 Å². The highest BCUT2D eigenvalue weighted by Gasteiger charge is 2.09. The van der Waals surface area contributed by atoms with Gasteiger partial charge in [-0.2, -0.15) is 0 Å². The molecule has 84 valence electrons. The smallest absolute Gasteiger partial charge is 0.122 e. The zero-order valence-electron chi connectivity index (χ0n) is 9.33. The summed E-state index contributed by atoms with van der Waals surface area (Å²) in [7, 11) is 0. The van der Waals surface area contributed by atoms with Crippen LogP contribution in [0.2, 0.25) is 0 Å². The molecule has 0 spiro atoms.